The lowest BCUT2D eigenvalue weighted by molar-refractivity contribution is 0.576. The fraction of sp³-hybridized carbons (Fsp3) is 0.269. The predicted molar refractivity (Wildman–Crippen MR) is 143 cm³/mol. The molecule has 4 aromatic rings. The molecular weight excluding hydrogens is 502 g/mol. The summed E-state index contributed by atoms with van der Waals surface area (Å²) >= 11 is 7.30. The van der Waals surface area contributed by atoms with Crippen molar-refractivity contribution in [1.82, 2.24) is 9.29 Å². The van der Waals surface area contributed by atoms with E-state index in [1.165, 1.54) is 11.3 Å². The van der Waals surface area contributed by atoms with Gasteiger partial charge in [0.05, 0.1) is 21.7 Å². The fourth-order valence-corrected chi connectivity index (χ4v) is 6.97. The number of nitrogens with zero attached hydrogens (tertiary/aromatic N) is 2. The highest BCUT2D eigenvalue weighted by molar-refractivity contribution is 7.89. The molecule has 182 valence electrons. The number of hydrogen-bond donors (Lipinski definition) is 1. The highest BCUT2D eigenvalue weighted by Gasteiger charge is 2.25. The zero-order valence-corrected chi connectivity index (χ0v) is 21.7. The highest BCUT2D eigenvalue weighted by Crippen LogP contribution is 2.31. The third kappa shape index (κ3) is 4.89. The van der Waals surface area contributed by atoms with Gasteiger partial charge in [-0.2, -0.15) is 0 Å². The van der Waals surface area contributed by atoms with Crippen molar-refractivity contribution >= 4 is 48.9 Å². The number of fused-ring (bicyclic) bond motifs is 2. The van der Waals surface area contributed by atoms with E-state index >= 15 is 0 Å². The average Bonchev–Trinajstić information content (AvgIpc) is 3.33. The van der Waals surface area contributed by atoms with E-state index in [2.05, 4.69) is 34.7 Å². The number of nitrogens with one attached hydrogen (secondary N) is 1. The van der Waals surface area contributed by atoms with Gasteiger partial charge in [-0.05, 0) is 61.2 Å². The molecule has 1 atom stereocenters. The van der Waals surface area contributed by atoms with Gasteiger partial charge in [-0.15, -0.1) is 0 Å². The number of hydrogen-bond acceptors (Lipinski definition) is 5. The molecule has 1 N–H and O–H groups in total. The van der Waals surface area contributed by atoms with Crippen LogP contribution in [0.3, 0.4) is 0 Å². The normalized spacial score (nSPS) is 15.6. The van der Waals surface area contributed by atoms with E-state index in [9.17, 15) is 13.2 Å². The Kier molecular flexibility index (Phi) is 6.72. The molecule has 0 saturated heterocycles. The minimum absolute atomic E-state index is 0.151. The molecule has 5 rings (SSSR count). The first-order valence-electron chi connectivity index (χ1n) is 11.5. The summed E-state index contributed by atoms with van der Waals surface area (Å²) in [6, 6.07) is 21.0. The quantitative estimate of drug-likeness (QED) is 0.331. The van der Waals surface area contributed by atoms with E-state index in [-0.39, 0.29) is 9.77 Å². The molecular formula is C26H26ClN3O3S2. The van der Waals surface area contributed by atoms with Gasteiger partial charge in [0.2, 0.25) is 10.0 Å². The maximum Gasteiger partial charge on any atom is 0.308 e. The van der Waals surface area contributed by atoms with Gasteiger partial charge in [0.25, 0.3) is 0 Å². The Labute approximate surface area is 213 Å². The lowest BCUT2D eigenvalue weighted by Gasteiger charge is -2.24. The number of sulfonamides is 1. The lowest BCUT2D eigenvalue weighted by Crippen LogP contribution is -2.33. The lowest BCUT2D eigenvalue weighted by atomic mass is 10.1. The molecule has 1 aliphatic rings. The first kappa shape index (κ1) is 24.1. The predicted octanol–water partition coefficient (Wildman–Crippen LogP) is 4.88. The minimum Gasteiger partial charge on any atom is -0.368 e. The summed E-state index contributed by atoms with van der Waals surface area (Å²) in [6.07, 6.45) is 1.71. The van der Waals surface area contributed by atoms with Crippen molar-refractivity contribution in [3.8, 4) is 0 Å². The highest BCUT2D eigenvalue weighted by atomic mass is 35.5. The van der Waals surface area contributed by atoms with Crippen molar-refractivity contribution in [2.75, 3.05) is 18.0 Å². The fourth-order valence-electron chi connectivity index (χ4n) is 4.67. The standard InChI is InChI=1S/C26H26ClN3O3S2/c1-18-15-19-7-3-5-10-23(19)29(18)14-6-13-28-35(32,33)21-11-12-24-25(16-21)34-26(31)30(24)17-20-8-2-4-9-22(20)27/h2-5,7-12,16,18,28H,6,13-15,17H2,1H3/t18-/m1/s1. The summed E-state index contributed by atoms with van der Waals surface area (Å²) in [7, 11) is -3.68. The van der Waals surface area contributed by atoms with Crippen LogP contribution in [0, 0.1) is 0 Å². The van der Waals surface area contributed by atoms with Crippen molar-refractivity contribution in [2.24, 2.45) is 0 Å². The third-order valence-electron chi connectivity index (χ3n) is 6.45. The molecule has 0 saturated carbocycles. The number of benzene rings is 3. The molecule has 0 amide bonds. The second-order valence-electron chi connectivity index (χ2n) is 8.80. The van der Waals surface area contributed by atoms with Gasteiger partial charge in [0.15, 0.2) is 0 Å². The Hall–Kier alpha value is -2.65. The SMILES string of the molecule is C[C@@H]1Cc2ccccc2N1CCCNS(=O)(=O)c1ccc2c(c1)sc(=O)n2Cc1ccccc1Cl. The average molecular weight is 528 g/mol. The Morgan fingerprint density at radius 2 is 1.86 bits per heavy atom. The molecule has 0 spiro atoms. The smallest absolute Gasteiger partial charge is 0.308 e. The first-order valence-corrected chi connectivity index (χ1v) is 14.2. The zero-order chi connectivity index (χ0) is 24.6. The molecule has 0 unspecified atom stereocenters. The number of rotatable bonds is 8. The van der Waals surface area contributed by atoms with Gasteiger partial charge < -0.3 is 4.90 Å². The second kappa shape index (κ2) is 9.78. The molecule has 35 heavy (non-hydrogen) atoms. The summed E-state index contributed by atoms with van der Waals surface area (Å²) in [5.41, 5.74) is 4.11. The van der Waals surface area contributed by atoms with Crippen LogP contribution in [-0.2, 0) is 23.0 Å². The number of thiazole rings is 1. The van der Waals surface area contributed by atoms with Crippen molar-refractivity contribution < 1.29 is 8.42 Å². The molecule has 0 radical (unpaired) electrons. The number of anilines is 1. The van der Waals surface area contributed by atoms with Crippen LogP contribution in [0.2, 0.25) is 5.02 Å². The third-order valence-corrected chi connectivity index (χ3v) is 9.22. The van der Waals surface area contributed by atoms with Gasteiger partial charge >= 0.3 is 4.87 Å². The Balaban J connectivity index is 1.27. The molecule has 9 heteroatoms. The van der Waals surface area contributed by atoms with Crippen LogP contribution in [0.25, 0.3) is 10.2 Å². The Morgan fingerprint density at radius 1 is 1.09 bits per heavy atom. The van der Waals surface area contributed by atoms with Crippen LogP contribution >= 0.6 is 22.9 Å². The van der Waals surface area contributed by atoms with Crippen molar-refractivity contribution in [1.29, 1.82) is 0 Å². The maximum absolute atomic E-state index is 12.9. The van der Waals surface area contributed by atoms with E-state index in [0.717, 1.165) is 29.9 Å². The molecule has 0 fully saturated rings. The Bertz CT molecular complexity index is 1540. The van der Waals surface area contributed by atoms with Crippen LogP contribution < -0.4 is 14.5 Å². The van der Waals surface area contributed by atoms with E-state index in [4.69, 9.17) is 11.6 Å². The van der Waals surface area contributed by atoms with Crippen molar-refractivity contribution in [3.05, 3.63) is 92.5 Å². The maximum atomic E-state index is 12.9. The molecule has 1 aromatic heterocycles. The first-order chi connectivity index (χ1) is 16.8. The molecule has 0 bridgehead atoms. The van der Waals surface area contributed by atoms with Crippen molar-refractivity contribution in [2.45, 2.75) is 37.2 Å². The topological polar surface area (TPSA) is 71.4 Å². The zero-order valence-electron chi connectivity index (χ0n) is 19.3. The summed E-state index contributed by atoms with van der Waals surface area (Å²) in [6.45, 7) is 3.66. The number of halogens is 1. The van der Waals surface area contributed by atoms with Crippen LogP contribution in [0.4, 0.5) is 5.69 Å². The van der Waals surface area contributed by atoms with E-state index < -0.39 is 10.0 Å². The van der Waals surface area contributed by atoms with Crippen LogP contribution in [-0.4, -0.2) is 32.1 Å². The summed E-state index contributed by atoms with van der Waals surface area (Å²) in [4.78, 5) is 15.0. The van der Waals surface area contributed by atoms with Gasteiger partial charge in [0.1, 0.15) is 0 Å². The van der Waals surface area contributed by atoms with Crippen LogP contribution in [0.5, 0.6) is 0 Å². The largest absolute Gasteiger partial charge is 0.368 e. The molecule has 1 aliphatic heterocycles. The molecule has 0 aliphatic carbocycles. The van der Waals surface area contributed by atoms with Crippen LogP contribution in [0.15, 0.2) is 76.4 Å². The summed E-state index contributed by atoms with van der Waals surface area (Å²) in [5.74, 6) is 0. The number of para-hydroxylation sites is 1. The monoisotopic (exact) mass is 527 g/mol. The van der Waals surface area contributed by atoms with E-state index in [1.807, 2.05) is 24.3 Å². The number of aromatic nitrogens is 1. The molecule has 2 heterocycles. The van der Waals surface area contributed by atoms with Gasteiger partial charge in [-0.25, -0.2) is 13.1 Å². The molecule has 6 nitrogen and oxygen atoms in total. The van der Waals surface area contributed by atoms with E-state index in [0.29, 0.717) is 40.8 Å². The van der Waals surface area contributed by atoms with Crippen LogP contribution in [0.1, 0.15) is 24.5 Å². The Morgan fingerprint density at radius 3 is 2.69 bits per heavy atom. The summed E-state index contributed by atoms with van der Waals surface area (Å²) < 4.78 is 30.9. The van der Waals surface area contributed by atoms with E-state index in [1.54, 1.807) is 28.8 Å². The van der Waals surface area contributed by atoms with Gasteiger partial charge in [-0.1, -0.05) is 59.3 Å². The van der Waals surface area contributed by atoms with Gasteiger partial charge in [-0.3, -0.25) is 9.36 Å². The summed E-state index contributed by atoms with van der Waals surface area (Å²) in [5, 5.41) is 0.592. The van der Waals surface area contributed by atoms with Crippen molar-refractivity contribution in [3.63, 3.8) is 0 Å². The molecule has 3 aromatic carbocycles. The second-order valence-corrected chi connectivity index (χ2v) is 12.0. The minimum atomic E-state index is -3.68. The van der Waals surface area contributed by atoms with Gasteiger partial charge in [0, 0.05) is 29.8 Å².